The number of nitrogens with zero attached hydrogens (tertiary/aromatic N) is 1. The van der Waals surface area contributed by atoms with Crippen LogP contribution in [0.25, 0.3) is 0 Å². The number of nitrogens with one attached hydrogen (secondary N) is 2. The van der Waals surface area contributed by atoms with Crippen molar-refractivity contribution in [2.24, 2.45) is 0 Å². The summed E-state index contributed by atoms with van der Waals surface area (Å²) in [5, 5.41) is 16.5. The first-order chi connectivity index (χ1) is 14.3. The number of aliphatic hydroxyl groups excluding tert-OH is 1. The summed E-state index contributed by atoms with van der Waals surface area (Å²) in [5.41, 5.74) is 1.53. The maximum absolute atomic E-state index is 11.6. The van der Waals surface area contributed by atoms with E-state index in [2.05, 4.69) is 42.5 Å². The van der Waals surface area contributed by atoms with Gasteiger partial charge in [0.1, 0.15) is 24.3 Å². The van der Waals surface area contributed by atoms with E-state index < -0.39 is 6.10 Å². The van der Waals surface area contributed by atoms with Crippen molar-refractivity contribution in [3.05, 3.63) is 53.7 Å². The number of ether oxygens (including phenoxy) is 2. The average molecular weight is 416 g/mol. The van der Waals surface area contributed by atoms with Gasteiger partial charge in [-0.3, -0.25) is 0 Å². The lowest BCUT2D eigenvalue weighted by Gasteiger charge is -2.23. The number of hydrogen-bond acceptors (Lipinski definition) is 7. The summed E-state index contributed by atoms with van der Waals surface area (Å²) in [4.78, 5) is 15.8. The molecule has 2 aromatic rings. The summed E-state index contributed by atoms with van der Waals surface area (Å²) >= 11 is 0. The predicted octanol–water partition coefficient (Wildman–Crippen LogP) is 3.00. The van der Waals surface area contributed by atoms with Crippen LogP contribution < -0.4 is 15.4 Å². The third-order valence-electron chi connectivity index (χ3n) is 4.39. The first kappa shape index (κ1) is 23.6. The van der Waals surface area contributed by atoms with Gasteiger partial charge in [-0.2, -0.15) is 0 Å². The van der Waals surface area contributed by atoms with Crippen LogP contribution in [-0.4, -0.2) is 55.0 Å². The Hall–Kier alpha value is -2.64. The quantitative estimate of drug-likeness (QED) is 0.384. The fraction of sp³-hybridized carbons (Fsp3) is 0.478. The van der Waals surface area contributed by atoms with E-state index in [1.807, 2.05) is 18.2 Å². The van der Waals surface area contributed by atoms with Crippen LogP contribution in [0.4, 0.5) is 5.82 Å². The summed E-state index contributed by atoms with van der Waals surface area (Å²) in [7, 11) is 0. The maximum Gasteiger partial charge on any atom is 0.339 e. The molecule has 0 aliphatic rings. The number of aliphatic hydroxyl groups is 1. The second kappa shape index (κ2) is 11.5. The normalized spacial score (nSPS) is 12.3. The lowest BCUT2D eigenvalue weighted by Crippen LogP contribution is -2.34. The van der Waals surface area contributed by atoms with Crippen LogP contribution in [0.15, 0.2) is 42.6 Å². The van der Waals surface area contributed by atoms with Crippen LogP contribution in [0.3, 0.4) is 0 Å². The number of aromatic nitrogens is 1. The summed E-state index contributed by atoms with van der Waals surface area (Å²) in [5.74, 6) is 1.11. The monoisotopic (exact) mass is 415 g/mol. The number of pyridine rings is 1. The Labute approximate surface area is 178 Å². The Balaban J connectivity index is 1.66. The van der Waals surface area contributed by atoms with Crippen molar-refractivity contribution in [3.8, 4) is 5.75 Å². The molecule has 30 heavy (non-hydrogen) atoms. The Morgan fingerprint density at radius 2 is 1.93 bits per heavy atom. The second-order valence-corrected chi connectivity index (χ2v) is 7.99. The van der Waals surface area contributed by atoms with Gasteiger partial charge in [0.2, 0.25) is 0 Å². The smallest absolute Gasteiger partial charge is 0.339 e. The Bertz CT molecular complexity index is 788. The van der Waals surface area contributed by atoms with Crippen molar-refractivity contribution in [2.75, 3.05) is 38.2 Å². The largest absolute Gasteiger partial charge is 0.491 e. The molecule has 0 radical (unpaired) electrons. The highest BCUT2D eigenvalue weighted by Gasteiger charge is 2.18. The van der Waals surface area contributed by atoms with Crippen molar-refractivity contribution in [1.29, 1.82) is 0 Å². The molecule has 1 atom stereocenters. The first-order valence-corrected chi connectivity index (χ1v) is 10.3. The molecule has 0 amide bonds. The molecular weight excluding hydrogens is 382 g/mol. The summed E-state index contributed by atoms with van der Waals surface area (Å²) in [6.07, 6.45) is 0.879. The third-order valence-corrected chi connectivity index (χ3v) is 4.39. The highest BCUT2D eigenvalue weighted by Crippen LogP contribution is 2.30. The topological polar surface area (TPSA) is 92.7 Å². The number of carbonyl (C=O) groups excluding carboxylic acids is 1. The Morgan fingerprint density at radius 3 is 2.60 bits per heavy atom. The molecule has 0 bridgehead atoms. The zero-order chi connectivity index (χ0) is 22.0. The lowest BCUT2D eigenvalue weighted by molar-refractivity contribution is 0.0526. The standard InChI is InChI=1S/C23H33N3O4/c1-5-29-22(28)17-10-11-21(26-14-17)25-13-12-24-15-18(27)16-30-20-9-7-6-8-19(20)23(2,3)4/h6-11,14,18,24,27H,5,12-13,15-16H2,1-4H3,(H,25,26). The molecule has 0 aliphatic heterocycles. The van der Waals surface area contributed by atoms with Gasteiger partial charge in [0, 0.05) is 25.8 Å². The number of rotatable bonds is 11. The van der Waals surface area contributed by atoms with Gasteiger partial charge in [-0.15, -0.1) is 0 Å². The molecule has 7 heteroatoms. The van der Waals surface area contributed by atoms with Gasteiger partial charge >= 0.3 is 5.97 Å². The zero-order valence-electron chi connectivity index (χ0n) is 18.3. The molecule has 0 saturated carbocycles. The molecule has 2 rings (SSSR count). The lowest BCUT2D eigenvalue weighted by atomic mass is 9.86. The molecule has 1 aromatic carbocycles. The molecule has 0 saturated heterocycles. The highest BCUT2D eigenvalue weighted by atomic mass is 16.5. The molecule has 164 valence electrons. The summed E-state index contributed by atoms with van der Waals surface area (Å²) in [6, 6.07) is 11.3. The van der Waals surface area contributed by atoms with Crippen molar-refractivity contribution in [3.63, 3.8) is 0 Å². The number of carbonyl (C=O) groups is 1. The van der Waals surface area contributed by atoms with Crippen LogP contribution in [0, 0.1) is 0 Å². The Morgan fingerprint density at radius 1 is 1.17 bits per heavy atom. The number of hydrogen-bond donors (Lipinski definition) is 3. The molecule has 0 spiro atoms. The minimum atomic E-state index is -0.611. The highest BCUT2D eigenvalue weighted by molar-refractivity contribution is 5.89. The van der Waals surface area contributed by atoms with E-state index in [1.165, 1.54) is 6.20 Å². The zero-order valence-corrected chi connectivity index (χ0v) is 18.3. The van der Waals surface area contributed by atoms with Crippen LogP contribution >= 0.6 is 0 Å². The van der Waals surface area contributed by atoms with Crippen molar-refractivity contribution < 1.29 is 19.4 Å². The van der Waals surface area contributed by atoms with Gasteiger partial charge in [-0.25, -0.2) is 9.78 Å². The van der Waals surface area contributed by atoms with Crippen molar-refractivity contribution in [1.82, 2.24) is 10.3 Å². The molecule has 1 aromatic heterocycles. The molecule has 3 N–H and O–H groups in total. The van der Waals surface area contributed by atoms with Gasteiger partial charge in [-0.05, 0) is 36.1 Å². The first-order valence-electron chi connectivity index (χ1n) is 10.3. The molecule has 0 fully saturated rings. The fourth-order valence-corrected chi connectivity index (χ4v) is 2.84. The maximum atomic E-state index is 11.6. The number of anilines is 1. The molecule has 1 heterocycles. The van der Waals surface area contributed by atoms with Crippen molar-refractivity contribution >= 4 is 11.8 Å². The molecule has 1 unspecified atom stereocenters. The van der Waals surface area contributed by atoms with Crippen LogP contribution in [-0.2, 0) is 10.2 Å². The second-order valence-electron chi connectivity index (χ2n) is 7.99. The van der Waals surface area contributed by atoms with E-state index in [1.54, 1.807) is 19.1 Å². The van der Waals surface area contributed by atoms with E-state index >= 15 is 0 Å². The van der Waals surface area contributed by atoms with Crippen LogP contribution in [0.5, 0.6) is 5.75 Å². The molecule has 7 nitrogen and oxygen atoms in total. The van der Waals surface area contributed by atoms with Gasteiger partial charge in [-0.1, -0.05) is 39.0 Å². The third kappa shape index (κ3) is 7.65. The van der Waals surface area contributed by atoms with Gasteiger partial charge < -0.3 is 25.2 Å². The van der Waals surface area contributed by atoms with Gasteiger partial charge in [0.05, 0.1) is 12.2 Å². The number of para-hydroxylation sites is 1. The SMILES string of the molecule is CCOC(=O)c1ccc(NCCNCC(O)COc2ccccc2C(C)(C)C)nc1. The number of esters is 1. The summed E-state index contributed by atoms with van der Waals surface area (Å²) in [6.45, 7) is 10.5. The predicted molar refractivity (Wildman–Crippen MR) is 118 cm³/mol. The number of benzene rings is 1. The van der Waals surface area contributed by atoms with Gasteiger partial charge in [0.15, 0.2) is 0 Å². The van der Waals surface area contributed by atoms with E-state index in [0.717, 1.165) is 11.3 Å². The molecule has 0 aliphatic carbocycles. The fourth-order valence-electron chi connectivity index (χ4n) is 2.84. The molecular formula is C23H33N3O4. The van der Waals surface area contributed by atoms with E-state index in [4.69, 9.17) is 9.47 Å². The van der Waals surface area contributed by atoms with Crippen LogP contribution in [0.1, 0.15) is 43.6 Å². The van der Waals surface area contributed by atoms with E-state index in [0.29, 0.717) is 37.6 Å². The van der Waals surface area contributed by atoms with Crippen LogP contribution in [0.2, 0.25) is 0 Å². The summed E-state index contributed by atoms with van der Waals surface area (Å²) < 4.78 is 10.8. The average Bonchev–Trinajstić information content (AvgIpc) is 2.72. The minimum absolute atomic E-state index is 0.0198. The van der Waals surface area contributed by atoms with E-state index in [-0.39, 0.29) is 18.0 Å². The van der Waals surface area contributed by atoms with Gasteiger partial charge in [0.25, 0.3) is 0 Å². The van der Waals surface area contributed by atoms with E-state index in [9.17, 15) is 9.90 Å². The van der Waals surface area contributed by atoms with Crippen molar-refractivity contribution in [2.45, 2.75) is 39.2 Å². The Kier molecular flexibility index (Phi) is 9.08. The minimum Gasteiger partial charge on any atom is -0.491 e.